The summed E-state index contributed by atoms with van der Waals surface area (Å²) in [6.07, 6.45) is 3.33. The smallest absolute Gasteiger partial charge is 0.253 e. The molecule has 1 fully saturated rings. The fourth-order valence-electron chi connectivity index (χ4n) is 3.53. The van der Waals surface area contributed by atoms with Gasteiger partial charge in [0, 0.05) is 36.6 Å². The maximum atomic E-state index is 12.6. The molecular formula is C23H27ClN2O2. The van der Waals surface area contributed by atoms with E-state index in [1.54, 1.807) is 0 Å². The molecule has 2 aromatic carbocycles. The first-order valence-corrected chi connectivity index (χ1v) is 10.3. The Morgan fingerprint density at radius 1 is 1.04 bits per heavy atom. The molecule has 2 amide bonds. The standard InChI is InChI=1S/C23H27ClN2O2/c1-17-2-7-20(8-3-17)23(28)26-14-12-18(13-15-26)6-11-22(27)25-16-19-4-9-21(24)10-5-19/h2-5,7-10,18H,6,11-16H2,1H3,(H,25,27). The second kappa shape index (κ2) is 9.74. The van der Waals surface area contributed by atoms with Crippen LogP contribution in [-0.4, -0.2) is 29.8 Å². The molecule has 3 rings (SSSR count). The molecule has 5 heteroatoms. The van der Waals surface area contributed by atoms with Crippen molar-refractivity contribution >= 4 is 23.4 Å². The Kier molecular flexibility index (Phi) is 7.10. The zero-order valence-electron chi connectivity index (χ0n) is 16.3. The third-order valence-electron chi connectivity index (χ3n) is 5.38. The summed E-state index contributed by atoms with van der Waals surface area (Å²) < 4.78 is 0. The van der Waals surface area contributed by atoms with Gasteiger partial charge >= 0.3 is 0 Å². The number of carbonyl (C=O) groups is 2. The number of amides is 2. The molecule has 0 unspecified atom stereocenters. The highest BCUT2D eigenvalue weighted by Crippen LogP contribution is 2.23. The van der Waals surface area contributed by atoms with E-state index in [0.29, 0.717) is 23.9 Å². The number of nitrogens with zero attached hydrogens (tertiary/aromatic N) is 1. The number of aryl methyl sites for hydroxylation is 1. The van der Waals surface area contributed by atoms with Crippen molar-refractivity contribution in [2.45, 2.75) is 39.2 Å². The average Bonchev–Trinajstić information content (AvgIpc) is 2.72. The van der Waals surface area contributed by atoms with Crippen LogP contribution in [0.15, 0.2) is 48.5 Å². The van der Waals surface area contributed by atoms with Crippen LogP contribution in [0.25, 0.3) is 0 Å². The monoisotopic (exact) mass is 398 g/mol. The molecule has 4 nitrogen and oxygen atoms in total. The number of benzene rings is 2. The summed E-state index contributed by atoms with van der Waals surface area (Å²) in [6, 6.07) is 15.2. The first-order chi connectivity index (χ1) is 13.5. The van der Waals surface area contributed by atoms with Crippen molar-refractivity contribution in [1.29, 1.82) is 0 Å². The molecule has 0 saturated carbocycles. The predicted octanol–water partition coefficient (Wildman–Crippen LogP) is 4.60. The highest BCUT2D eigenvalue weighted by atomic mass is 35.5. The Morgan fingerprint density at radius 3 is 2.32 bits per heavy atom. The Balaban J connectivity index is 1.37. The quantitative estimate of drug-likeness (QED) is 0.773. The van der Waals surface area contributed by atoms with Gasteiger partial charge in [0.1, 0.15) is 0 Å². The summed E-state index contributed by atoms with van der Waals surface area (Å²) in [4.78, 5) is 26.6. The second-order valence-electron chi connectivity index (χ2n) is 7.54. The van der Waals surface area contributed by atoms with Crippen LogP contribution in [0.1, 0.15) is 47.2 Å². The predicted molar refractivity (Wildman–Crippen MR) is 112 cm³/mol. The van der Waals surface area contributed by atoms with Crippen molar-refractivity contribution in [3.8, 4) is 0 Å². The lowest BCUT2D eigenvalue weighted by Gasteiger charge is -2.32. The first-order valence-electron chi connectivity index (χ1n) is 9.88. The van der Waals surface area contributed by atoms with Crippen LogP contribution in [0, 0.1) is 12.8 Å². The van der Waals surface area contributed by atoms with Crippen LogP contribution in [0.3, 0.4) is 0 Å². The number of hydrogen-bond donors (Lipinski definition) is 1. The van der Waals surface area contributed by atoms with Gasteiger partial charge in [0.05, 0.1) is 0 Å². The fraction of sp³-hybridized carbons (Fsp3) is 0.391. The summed E-state index contributed by atoms with van der Waals surface area (Å²) in [5.41, 5.74) is 2.95. The maximum absolute atomic E-state index is 12.6. The summed E-state index contributed by atoms with van der Waals surface area (Å²) >= 11 is 5.87. The minimum atomic E-state index is 0.0770. The lowest BCUT2D eigenvalue weighted by Crippen LogP contribution is -2.38. The summed E-state index contributed by atoms with van der Waals surface area (Å²) in [5, 5.41) is 3.66. The zero-order valence-corrected chi connectivity index (χ0v) is 17.0. The summed E-state index contributed by atoms with van der Waals surface area (Å²) in [5.74, 6) is 0.690. The van der Waals surface area contributed by atoms with E-state index in [1.165, 1.54) is 0 Å². The summed E-state index contributed by atoms with van der Waals surface area (Å²) in [7, 11) is 0. The van der Waals surface area contributed by atoms with E-state index in [4.69, 9.17) is 11.6 Å². The van der Waals surface area contributed by atoms with Gasteiger partial charge < -0.3 is 10.2 Å². The van der Waals surface area contributed by atoms with Gasteiger partial charge in [-0.1, -0.05) is 41.4 Å². The molecule has 1 heterocycles. The van der Waals surface area contributed by atoms with Gasteiger partial charge in [0.15, 0.2) is 0 Å². The number of halogens is 1. The molecule has 28 heavy (non-hydrogen) atoms. The molecule has 0 radical (unpaired) electrons. The van der Waals surface area contributed by atoms with Crippen LogP contribution in [0.5, 0.6) is 0 Å². The second-order valence-corrected chi connectivity index (χ2v) is 7.98. The van der Waals surface area contributed by atoms with Crippen molar-refractivity contribution in [3.63, 3.8) is 0 Å². The largest absolute Gasteiger partial charge is 0.352 e. The Hall–Kier alpha value is -2.33. The van der Waals surface area contributed by atoms with E-state index in [1.807, 2.05) is 60.4 Å². The lowest BCUT2D eigenvalue weighted by atomic mass is 9.91. The van der Waals surface area contributed by atoms with E-state index >= 15 is 0 Å². The minimum absolute atomic E-state index is 0.0770. The highest BCUT2D eigenvalue weighted by Gasteiger charge is 2.23. The Morgan fingerprint density at radius 2 is 1.68 bits per heavy atom. The van der Waals surface area contributed by atoms with Crippen LogP contribution >= 0.6 is 11.6 Å². The molecule has 0 spiro atoms. The van der Waals surface area contributed by atoms with E-state index in [-0.39, 0.29) is 11.8 Å². The zero-order chi connectivity index (χ0) is 19.9. The molecule has 0 bridgehead atoms. The van der Waals surface area contributed by atoms with E-state index < -0.39 is 0 Å². The molecular weight excluding hydrogens is 372 g/mol. The number of rotatable bonds is 6. The van der Waals surface area contributed by atoms with Gasteiger partial charge in [-0.3, -0.25) is 9.59 Å². The SMILES string of the molecule is Cc1ccc(C(=O)N2CCC(CCC(=O)NCc3ccc(Cl)cc3)CC2)cc1. The molecule has 0 atom stereocenters. The van der Waals surface area contributed by atoms with Gasteiger partial charge in [-0.05, 0) is 61.9 Å². The molecule has 148 valence electrons. The fourth-order valence-corrected chi connectivity index (χ4v) is 3.66. The van der Waals surface area contributed by atoms with E-state index in [9.17, 15) is 9.59 Å². The number of piperidine rings is 1. The van der Waals surface area contributed by atoms with Crippen LogP contribution in [0.4, 0.5) is 0 Å². The minimum Gasteiger partial charge on any atom is -0.352 e. The lowest BCUT2D eigenvalue weighted by molar-refractivity contribution is -0.121. The van der Waals surface area contributed by atoms with Crippen molar-refractivity contribution in [3.05, 3.63) is 70.2 Å². The first kappa shape index (κ1) is 20.4. The molecule has 2 aromatic rings. The molecule has 0 aliphatic carbocycles. The van der Waals surface area contributed by atoms with E-state index in [0.717, 1.165) is 49.0 Å². The van der Waals surface area contributed by atoms with Crippen LogP contribution in [0.2, 0.25) is 5.02 Å². The highest BCUT2D eigenvalue weighted by molar-refractivity contribution is 6.30. The normalized spacial score (nSPS) is 14.7. The third kappa shape index (κ3) is 5.83. The number of hydrogen-bond acceptors (Lipinski definition) is 2. The summed E-state index contributed by atoms with van der Waals surface area (Å²) in [6.45, 7) is 4.08. The Bertz CT molecular complexity index is 794. The van der Waals surface area contributed by atoms with Crippen molar-refractivity contribution in [1.82, 2.24) is 10.2 Å². The number of nitrogens with one attached hydrogen (secondary N) is 1. The van der Waals surface area contributed by atoms with Crippen LogP contribution in [-0.2, 0) is 11.3 Å². The maximum Gasteiger partial charge on any atom is 0.253 e. The number of likely N-dealkylation sites (tertiary alicyclic amines) is 1. The van der Waals surface area contributed by atoms with Gasteiger partial charge in [-0.15, -0.1) is 0 Å². The molecule has 1 aliphatic rings. The molecule has 1 saturated heterocycles. The van der Waals surface area contributed by atoms with Crippen molar-refractivity contribution in [2.24, 2.45) is 5.92 Å². The number of carbonyl (C=O) groups excluding carboxylic acids is 2. The topological polar surface area (TPSA) is 49.4 Å². The third-order valence-corrected chi connectivity index (χ3v) is 5.63. The molecule has 1 aliphatic heterocycles. The molecule has 1 N–H and O–H groups in total. The van der Waals surface area contributed by atoms with Crippen LogP contribution < -0.4 is 5.32 Å². The van der Waals surface area contributed by atoms with Gasteiger partial charge in [0.25, 0.3) is 5.91 Å². The average molecular weight is 399 g/mol. The van der Waals surface area contributed by atoms with Gasteiger partial charge in [-0.25, -0.2) is 0 Å². The van der Waals surface area contributed by atoms with Crippen molar-refractivity contribution in [2.75, 3.05) is 13.1 Å². The van der Waals surface area contributed by atoms with Gasteiger partial charge in [0.2, 0.25) is 5.91 Å². The Labute approximate surface area is 171 Å². The van der Waals surface area contributed by atoms with Crippen molar-refractivity contribution < 1.29 is 9.59 Å². The van der Waals surface area contributed by atoms with Gasteiger partial charge in [-0.2, -0.15) is 0 Å². The van der Waals surface area contributed by atoms with E-state index in [2.05, 4.69) is 5.32 Å². The molecule has 0 aromatic heterocycles.